The number of nitrogens with two attached hydrogens (primary N) is 1. The van der Waals surface area contributed by atoms with Crippen LogP contribution in [0.1, 0.15) is 84.0 Å². The first-order valence-electron chi connectivity index (χ1n) is 11.9. The van der Waals surface area contributed by atoms with E-state index in [2.05, 4.69) is 10.6 Å². The van der Waals surface area contributed by atoms with Gasteiger partial charge in [0.15, 0.2) is 0 Å². The molecule has 0 bridgehead atoms. The first-order valence-corrected chi connectivity index (χ1v) is 11.9. The number of ether oxygens (including phenoxy) is 1. The van der Waals surface area contributed by atoms with Crippen molar-refractivity contribution < 1.29 is 23.9 Å². The van der Waals surface area contributed by atoms with Crippen LogP contribution < -0.4 is 16.4 Å². The lowest BCUT2D eigenvalue weighted by Crippen LogP contribution is -2.54. The maximum Gasteiger partial charge on any atom is 0.408 e. The molecule has 196 valence electrons. The second-order valence-corrected chi connectivity index (χ2v) is 10.8. The van der Waals surface area contributed by atoms with Gasteiger partial charge in [-0.05, 0) is 85.4 Å². The van der Waals surface area contributed by atoms with Gasteiger partial charge in [-0.15, -0.1) is 0 Å². The number of primary amides is 1. The summed E-state index contributed by atoms with van der Waals surface area (Å²) in [5.74, 6) is -1.46. The second kappa shape index (κ2) is 12.0. The van der Waals surface area contributed by atoms with Gasteiger partial charge in [-0.25, -0.2) is 4.79 Å². The Morgan fingerprint density at radius 3 is 2.09 bits per heavy atom. The maximum atomic E-state index is 13.7. The fourth-order valence-electron chi connectivity index (χ4n) is 3.51. The number of carbonyl (C=O) groups excluding carboxylic acids is 4. The van der Waals surface area contributed by atoms with Crippen LogP contribution in [0, 0.1) is 13.8 Å². The molecule has 0 radical (unpaired) electrons. The topological polar surface area (TPSA) is 131 Å². The molecule has 2 atom stereocenters. The van der Waals surface area contributed by atoms with Crippen molar-refractivity contribution in [2.45, 2.75) is 98.4 Å². The Kier molecular flexibility index (Phi) is 10.3. The third-order valence-electron chi connectivity index (χ3n) is 5.20. The average Bonchev–Trinajstić information content (AvgIpc) is 2.68. The minimum Gasteiger partial charge on any atom is -0.444 e. The van der Waals surface area contributed by atoms with E-state index in [1.807, 2.05) is 52.8 Å². The largest absolute Gasteiger partial charge is 0.444 e. The summed E-state index contributed by atoms with van der Waals surface area (Å²) in [6.07, 6.45) is -0.935. The fourth-order valence-corrected chi connectivity index (χ4v) is 3.51. The van der Waals surface area contributed by atoms with Crippen molar-refractivity contribution in [3.8, 4) is 0 Å². The van der Waals surface area contributed by atoms with Crippen LogP contribution in [0.5, 0.6) is 0 Å². The second-order valence-electron chi connectivity index (χ2n) is 10.8. The Hall–Kier alpha value is -3.10. The van der Waals surface area contributed by atoms with Crippen LogP contribution in [-0.4, -0.2) is 52.4 Å². The molecule has 0 heterocycles. The first kappa shape index (κ1) is 29.9. The first-order chi connectivity index (χ1) is 15.9. The van der Waals surface area contributed by atoms with Crippen molar-refractivity contribution in [3.63, 3.8) is 0 Å². The van der Waals surface area contributed by atoms with Gasteiger partial charge in [0.1, 0.15) is 17.7 Å². The predicted molar refractivity (Wildman–Crippen MR) is 136 cm³/mol. The molecule has 9 nitrogen and oxygen atoms in total. The number of benzene rings is 1. The minimum absolute atomic E-state index is 0.0234. The number of rotatable bonds is 9. The molecular formula is C26H42N4O5. The molecule has 0 saturated heterocycles. The molecule has 0 fully saturated rings. The van der Waals surface area contributed by atoms with Crippen LogP contribution >= 0.6 is 0 Å². The summed E-state index contributed by atoms with van der Waals surface area (Å²) >= 11 is 0. The lowest BCUT2D eigenvalue weighted by atomic mass is 9.97. The highest BCUT2D eigenvalue weighted by Crippen LogP contribution is 2.26. The number of amides is 4. The van der Waals surface area contributed by atoms with Crippen LogP contribution in [0.4, 0.5) is 4.79 Å². The summed E-state index contributed by atoms with van der Waals surface area (Å²) in [5, 5.41) is 5.53. The maximum absolute atomic E-state index is 13.7. The van der Waals surface area contributed by atoms with Crippen molar-refractivity contribution in [2.24, 2.45) is 5.73 Å². The summed E-state index contributed by atoms with van der Waals surface area (Å²) in [5.41, 5.74) is 6.69. The lowest BCUT2D eigenvalue weighted by molar-refractivity contribution is -0.143. The highest BCUT2D eigenvalue weighted by atomic mass is 16.6. The molecule has 4 N–H and O–H groups in total. The van der Waals surface area contributed by atoms with Crippen molar-refractivity contribution in [1.29, 1.82) is 0 Å². The molecule has 35 heavy (non-hydrogen) atoms. The highest BCUT2D eigenvalue weighted by molar-refractivity contribution is 5.92. The Morgan fingerprint density at radius 2 is 1.63 bits per heavy atom. The van der Waals surface area contributed by atoms with Gasteiger partial charge in [0.05, 0.1) is 0 Å². The Bertz CT molecular complexity index is 931. The van der Waals surface area contributed by atoms with Crippen molar-refractivity contribution >= 4 is 23.8 Å². The molecule has 0 saturated carbocycles. The number of likely N-dealkylation sites (N-methyl/N-ethyl adjacent to an activating group) is 1. The van der Waals surface area contributed by atoms with E-state index in [0.29, 0.717) is 5.56 Å². The van der Waals surface area contributed by atoms with Crippen LogP contribution in [0.3, 0.4) is 0 Å². The van der Waals surface area contributed by atoms with E-state index in [-0.39, 0.29) is 25.3 Å². The van der Waals surface area contributed by atoms with E-state index < -0.39 is 41.1 Å². The van der Waals surface area contributed by atoms with Crippen molar-refractivity contribution in [3.05, 3.63) is 34.9 Å². The normalized spacial score (nSPS) is 13.4. The smallest absolute Gasteiger partial charge is 0.408 e. The molecular weight excluding hydrogens is 448 g/mol. The molecule has 0 aliphatic rings. The fraction of sp³-hybridized carbons (Fsp3) is 0.615. The van der Waals surface area contributed by atoms with E-state index in [4.69, 9.17) is 10.5 Å². The predicted octanol–water partition coefficient (Wildman–Crippen LogP) is 3.27. The zero-order valence-electron chi connectivity index (χ0n) is 22.6. The third kappa shape index (κ3) is 9.96. The molecule has 1 aromatic rings. The standard InChI is InChI=1S/C26H42N4O5/c1-10-30(23(33)19(13-14-20(27)31)28-24(34)35-26(7,8)9)21(22(32)29-25(4,5)6)18-12-11-16(2)17(3)15-18/h11-12,15,19,21H,10,13-14H2,1-9H3,(H2,27,31)(H,28,34)(H,29,32). The van der Waals surface area contributed by atoms with Crippen molar-refractivity contribution in [1.82, 2.24) is 15.5 Å². The molecule has 1 aromatic carbocycles. The van der Waals surface area contributed by atoms with E-state index in [9.17, 15) is 19.2 Å². The Balaban J connectivity index is 3.45. The van der Waals surface area contributed by atoms with Crippen LogP contribution in [0.15, 0.2) is 18.2 Å². The molecule has 0 aromatic heterocycles. The van der Waals surface area contributed by atoms with Crippen LogP contribution in [0.2, 0.25) is 0 Å². The summed E-state index contributed by atoms with van der Waals surface area (Å²) in [6.45, 7) is 16.6. The van der Waals surface area contributed by atoms with E-state index in [1.54, 1.807) is 27.7 Å². The summed E-state index contributed by atoms with van der Waals surface area (Å²) in [6, 6.07) is 3.57. The van der Waals surface area contributed by atoms with Crippen LogP contribution in [-0.2, 0) is 19.1 Å². The molecule has 2 unspecified atom stereocenters. The van der Waals surface area contributed by atoms with Gasteiger partial charge in [0.2, 0.25) is 17.7 Å². The number of carbonyl (C=O) groups is 4. The van der Waals surface area contributed by atoms with E-state index in [0.717, 1.165) is 11.1 Å². The van der Waals surface area contributed by atoms with Gasteiger partial charge >= 0.3 is 6.09 Å². The van der Waals surface area contributed by atoms with Gasteiger partial charge in [-0.1, -0.05) is 18.2 Å². The summed E-state index contributed by atoms with van der Waals surface area (Å²) in [4.78, 5) is 52.6. The summed E-state index contributed by atoms with van der Waals surface area (Å²) in [7, 11) is 0. The van der Waals surface area contributed by atoms with E-state index in [1.165, 1.54) is 4.90 Å². The third-order valence-corrected chi connectivity index (χ3v) is 5.20. The number of aryl methyl sites for hydroxylation is 2. The van der Waals surface area contributed by atoms with Gasteiger partial charge in [0.25, 0.3) is 0 Å². The Morgan fingerprint density at radius 1 is 1.03 bits per heavy atom. The van der Waals surface area contributed by atoms with E-state index >= 15 is 0 Å². The zero-order chi connectivity index (χ0) is 27.1. The van der Waals surface area contributed by atoms with Gasteiger partial charge in [0, 0.05) is 18.5 Å². The number of alkyl carbamates (subject to hydrolysis) is 1. The van der Waals surface area contributed by atoms with Gasteiger partial charge in [-0.2, -0.15) is 0 Å². The van der Waals surface area contributed by atoms with Gasteiger partial charge in [-0.3, -0.25) is 14.4 Å². The molecule has 0 aliphatic heterocycles. The van der Waals surface area contributed by atoms with Gasteiger partial charge < -0.3 is 26.0 Å². The quantitative estimate of drug-likeness (QED) is 0.489. The number of nitrogens with one attached hydrogen (secondary N) is 2. The molecule has 0 spiro atoms. The number of hydrogen-bond donors (Lipinski definition) is 3. The minimum atomic E-state index is -1.10. The number of hydrogen-bond acceptors (Lipinski definition) is 5. The SMILES string of the molecule is CCN(C(=O)C(CCC(N)=O)NC(=O)OC(C)(C)C)C(C(=O)NC(C)(C)C)c1ccc(C)c(C)c1. The zero-order valence-corrected chi connectivity index (χ0v) is 22.6. The molecule has 0 aliphatic carbocycles. The molecule has 9 heteroatoms. The number of nitrogens with zero attached hydrogens (tertiary/aromatic N) is 1. The lowest BCUT2D eigenvalue weighted by Gasteiger charge is -2.35. The highest BCUT2D eigenvalue weighted by Gasteiger charge is 2.36. The summed E-state index contributed by atoms with van der Waals surface area (Å²) < 4.78 is 5.31. The molecule has 1 rings (SSSR count). The monoisotopic (exact) mass is 490 g/mol. The average molecular weight is 491 g/mol. The van der Waals surface area contributed by atoms with Crippen molar-refractivity contribution in [2.75, 3.05) is 6.54 Å². The van der Waals surface area contributed by atoms with Crippen LogP contribution in [0.25, 0.3) is 0 Å². The Labute approximate surface area is 209 Å². The molecule has 4 amide bonds.